The number of nitrogens with zero attached hydrogens (tertiary/aromatic N) is 2. The van der Waals surface area contributed by atoms with Crippen LogP contribution in [0, 0.1) is 0 Å². The van der Waals surface area contributed by atoms with Crippen molar-refractivity contribution in [1.29, 1.82) is 0 Å². The lowest BCUT2D eigenvalue weighted by atomic mass is 10.4. The highest BCUT2D eigenvalue weighted by atomic mass is 16.7. The first-order valence-electron chi connectivity index (χ1n) is 5.68. The van der Waals surface area contributed by atoms with E-state index in [1.165, 1.54) is 0 Å². The third-order valence-corrected chi connectivity index (χ3v) is 2.08. The van der Waals surface area contributed by atoms with Crippen LogP contribution in [-0.4, -0.2) is 41.7 Å². The third-order valence-electron chi connectivity index (χ3n) is 2.08. The molecule has 1 aromatic heterocycles. The summed E-state index contributed by atoms with van der Waals surface area (Å²) in [4.78, 5) is 11.7. The molecule has 0 spiro atoms. The fourth-order valence-electron chi connectivity index (χ4n) is 1.34. The predicted molar refractivity (Wildman–Crippen MR) is 62.6 cm³/mol. The van der Waals surface area contributed by atoms with Crippen LogP contribution < -0.4 is 5.32 Å². The summed E-state index contributed by atoms with van der Waals surface area (Å²) < 4.78 is 12.2. The molecule has 0 radical (unpaired) electrons. The van der Waals surface area contributed by atoms with Gasteiger partial charge in [-0.3, -0.25) is 9.48 Å². The van der Waals surface area contributed by atoms with Crippen LogP contribution in [0.3, 0.4) is 0 Å². The first-order chi connectivity index (χ1) is 8.17. The topological polar surface area (TPSA) is 65.4 Å². The Kier molecular flexibility index (Phi) is 5.65. The highest BCUT2D eigenvalue weighted by Crippen LogP contribution is 1.96. The Morgan fingerprint density at radius 1 is 1.47 bits per heavy atom. The van der Waals surface area contributed by atoms with Crippen LogP contribution >= 0.6 is 0 Å². The van der Waals surface area contributed by atoms with E-state index in [1.807, 2.05) is 13.8 Å². The molecule has 17 heavy (non-hydrogen) atoms. The Bertz CT molecular complexity index is 345. The molecule has 1 aromatic rings. The molecule has 0 atom stereocenters. The van der Waals surface area contributed by atoms with E-state index in [0.717, 1.165) is 0 Å². The van der Waals surface area contributed by atoms with Crippen LogP contribution in [0.15, 0.2) is 12.3 Å². The zero-order valence-corrected chi connectivity index (χ0v) is 10.5. The van der Waals surface area contributed by atoms with Gasteiger partial charge in [-0.25, -0.2) is 0 Å². The molecule has 0 aromatic carbocycles. The molecule has 1 heterocycles. The van der Waals surface area contributed by atoms with Crippen LogP contribution in [0.5, 0.6) is 0 Å². The van der Waals surface area contributed by atoms with E-state index >= 15 is 0 Å². The molecule has 1 rings (SSSR count). The molecular formula is C11H19N3O3. The van der Waals surface area contributed by atoms with Crippen molar-refractivity contribution in [1.82, 2.24) is 15.1 Å². The molecule has 0 aliphatic carbocycles. The number of hydrogen-bond donors (Lipinski definition) is 1. The average Bonchev–Trinajstić information content (AvgIpc) is 2.73. The van der Waals surface area contributed by atoms with Gasteiger partial charge in [0.1, 0.15) is 5.69 Å². The van der Waals surface area contributed by atoms with E-state index in [9.17, 15) is 4.79 Å². The fraction of sp³-hybridized carbons (Fsp3) is 0.636. The molecule has 6 nitrogen and oxygen atoms in total. The molecule has 0 saturated heterocycles. The summed E-state index contributed by atoms with van der Waals surface area (Å²) in [6.45, 7) is 5.17. The number of aromatic nitrogens is 2. The molecule has 1 N–H and O–H groups in total. The number of carbonyl (C=O) groups is 1. The molecule has 0 aliphatic rings. The predicted octanol–water partition coefficient (Wildman–Crippen LogP) is 0.549. The second-order valence-corrected chi connectivity index (χ2v) is 3.42. The summed E-state index contributed by atoms with van der Waals surface area (Å²) in [6, 6.07) is 1.66. The summed E-state index contributed by atoms with van der Waals surface area (Å²) >= 11 is 0. The van der Waals surface area contributed by atoms with E-state index in [4.69, 9.17) is 9.47 Å². The molecule has 6 heteroatoms. The van der Waals surface area contributed by atoms with Gasteiger partial charge in [0.05, 0.1) is 6.54 Å². The number of aryl methyl sites for hydroxylation is 1. The number of ether oxygens (including phenoxy) is 2. The second kappa shape index (κ2) is 7.03. The molecule has 0 bridgehead atoms. The van der Waals surface area contributed by atoms with Gasteiger partial charge in [0.2, 0.25) is 0 Å². The van der Waals surface area contributed by atoms with E-state index in [-0.39, 0.29) is 5.91 Å². The molecule has 1 amide bonds. The van der Waals surface area contributed by atoms with Crippen LogP contribution in [-0.2, 0) is 16.5 Å². The average molecular weight is 241 g/mol. The summed E-state index contributed by atoms with van der Waals surface area (Å²) in [7, 11) is 1.76. The van der Waals surface area contributed by atoms with E-state index in [0.29, 0.717) is 25.5 Å². The SMILES string of the molecule is CCOC(CNC(=O)c1ccn(C)n1)OCC. The quantitative estimate of drug-likeness (QED) is 0.708. The van der Waals surface area contributed by atoms with Crippen molar-refractivity contribution < 1.29 is 14.3 Å². The van der Waals surface area contributed by atoms with Crippen molar-refractivity contribution in [2.24, 2.45) is 7.05 Å². The Morgan fingerprint density at radius 2 is 2.12 bits per heavy atom. The lowest BCUT2D eigenvalue weighted by Gasteiger charge is -2.16. The standard InChI is InChI=1S/C11H19N3O3/c1-4-16-10(17-5-2)8-12-11(15)9-6-7-14(3)13-9/h6-7,10H,4-5,8H2,1-3H3,(H,12,15). The fourth-order valence-corrected chi connectivity index (χ4v) is 1.34. The highest BCUT2D eigenvalue weighted by Gasteiger charge is 2.12. The first-order valence-corrected chi connectivity index (χ1v) is 5.68. The minimum Gasteiger partial charge on any atom is -0.351 e. The normalized spacial score (nSPS) is 10.8. The minimum absolute atomic E-state index is 0.227. The van der Waals surface area contributed by atoms with Crippen molar-refractivity contribution in [2.75, 3.05) is 19.8 Å². The lowest BCUT2D eigenvalue weighted by Crippen LogP contribution is -2.35. The van der Waals surface area contributed by atoms with Gasteiger partial charge in [0, 0.05) is 26.5 Å². The Labute approximate surface area is 101 Å². The highest BCUT2D eigenvalue weighted by molar-refractivity contribution is 5.92. The van der Waals surface area contributed by atoms with E-state index < -0.39 is 6.29 Å². The number of hydrogen-bond acceptors (Lipinski definition) is 4. The lowest BCUT2D eigenvalue weighted by molar-refractivity contribution is -0.131. The van der Waals surface area contributed by atoms with Crippen LogP contribution in [0.4, 0.5) is 0 Å². The molecule has 96 valence electrons. The minimum atomic E-state index is -0.405. The number of nitrogens with one attached hydrogen (secondary N) is 1. The maximum absolute atomic E-state index is 11.7. The first kappa shape index (κ1) is 13.7. The van der Waals surface area contributed by atoms with Gasteiger partial charge in [0.25, 0.3) is 5.91 Å². The molecular weight excluding hydrogens is 222 g/mol. The van der Waals surface area contributed by atoms with Gasteiger partial charge in [0.15, 0.2) is 6.29 Å². The zero-order valence-electron chi connectivity index (χ0n) is 10.5. The summed E-state index contributed by atoms with van der Waals surface area (Å²) in [5.74, 6) is -0.227. The summed E-state index contributed by atoms with van der Waals surface area (Å²) in [6.07, 6.45) is 1.31. The maximum atomic E-state index is 11.7. The molecule has 0 aliphatic heterocycles. The monoisotopic (exact) mass is 241 g/mol. The van der Waals surface area contributed by atoms with Crippen LogP contribution in [0.25, 0.3) is 0 Å². The molecule has 0 fully saturated rings. The van der Waals surface area contributed by atoms with Gasteiger partial charge in [-0.15, -0.1) is 0 Å². The largest absolute Gasteiger partial charge is 0.351 e. The van der Waals surface area contributed by atoms with Crippen molar-refractivity contribution in [3.05, 3.63) is 18.0 Å². The Morgan fingerprint density at radius 3 is 2.59 bits per heavy atom. The van der Waals surface area contributed by atoms with Crippen LogP contribution in [0.1, 0.15) is 24.3 Å². The van der Waals surface area contributed by atoms with E-state index in [2.05, 4.69) is 10.4 Å². The van der Waals surface area contributed by atoms with Crippen molar-refractivity contribution in [3.8, 4) is 0 Å². The Hall–Kier alpha value is -1.40. The van der Waals surface area contributed by atoms with E-state index in [1.54, 1.807) is 24.0 Å². The molecule has 0 saturated carbocycles. The number of amides is 1. The van der Waals surface area contributed by atoms with Crippen molar-refractivity contribution in [3.63, 3.8) is 0 Å². The van der Waals surface area contributed by atoms with Gasteiger partial charge < -0.3 is 14.8 Å². The van der Waals surface area contributed by atoms with Gasteiger partial charge >= 0.3 is 0 Å². The smallest absolute Gasteiger partial charge is 0.271 e. The van der Waals surface area contributed by atoms with Gasteiger partial charge in [-0.05, 0) is 19.9 Å². The second-order valence-electron chi connectivity index (χ2n) is 3.42. The molecule has 0 unspecified atom stereocenters. The van der Waals surface area contributed by atoms with Gasteiger partial charge in [-0.1, -0.05) is 0 Å². The maximum Gasteiger partial charge on any atom is 0.271 e. The zero-order chi connectivity index (χ0) is 12.7. The van der Waals surface area contributed by atoms with Gasteiger partial charge in [-0.2, -0.15) is 5.10 Å². The number of carbonyl (C=O) groups excluding carboxylic acids is 1. The number of rotatable bonds is 7. The van der Waals surface area contributed by atoms with Crippen molar-refractivity contribution in [2.45, 2.75) is 20.1 Å². The third kappa shape index (κ3) is 4.54. The van der Waals surface area contributed by atoms with Crippen molar-refractivity contribution >= 4 is 5.91 Å². The summed E-state index contributed by atoms with van der Waals surface area (Å²) in [5, 5.41) is 6.72. The summed E-state index contributed by atoms with van der Waals surface area (Å²) in [5.41, 5.74) is 0.388. The Balaban J connectivity index is 2.40. The van der Waals surface area contributed by atoms with Crippen LogP contribution in [0.2, 0.25) is 0 Å².